The van der Waals surface area contributed by atoms with E-state index < -0.39 is 0 Å². The summed E-state index contributed by atoms with van der Waals surface area (Å²) in [6.07, 6.45) is 10.6. The zero-order valence-electron chi connectivity index (χ0n) is 12.8. The Morgan fingerprint density at radius 3 is 2.32 bits per heavy atom. The van der Waals surface area contributed by atoms with Crippen molar-refractivity contribution in [3.8, 4) is 0 Å². The predicted molar refractivity (Wildman–Crippen MR) is 85.6 cm³/mol. The lowest BCUT2D eigenvalue weighted by atomic mass is 9.99. The third-order valence-electron chi connectivity index (χ3n) is 3.66. The smallest absolute Gasteiger partial charge is 0.0107 e. The molecule has 1 atom stereocenters. The van der Waals surface area contributed by atoms with Crippen LogP contribution in [-0.2, 0) is 6.42 Å². The maximum atomic E-state index is 3.71. The van der Waals surface area contributed by atoms with Gasteiger partial charge in [0.15, 0.2) is 0 Å². The van der Waals surface area contributed by atoms with Crippen molar-refractivity contribution in [3.05, 3.63) is 35.9 Å². The normalized spacial score (nSPS) is 12.5. The third-order valence-corrected chi connectivity index (χ3v) is 3.66. The largest absolute Gasteiger partial charge is 0.314 e. The SMILES string of the molecule is CCCCCCCC(Cc1ccccc1)NCCC. The molecule has 0 amide bonds. The van der Waals surface area contributed by atoms with E-state index >= 15 is 0 Å². The molecule has 0 aliphatic carbocycles. The first-order valence-electron chi connectivity index (χ1n) is 8.14. The second-order valence-electron chi connectivity index (χ2n) is 5.54. The summed E-state index contributed by atoms with van der Waals surface area (Å²) in [5.74, 6) is 0. The summed E-state index contributed by atoms with van der Waals surface area (Å²) in [6.45, 7) is 5.67. The molecule has 0 heterocycles. The minimum atomic E-state index is 0.656. The topological polar surface area (TPSA) is 12.0 Å². The Kier molecular flexibility index (Phi) is 9.44. The lowest BCUT2D eigenvalue weighted by Crippen LogP contribution is -2.31. The van der Waals surface area contributed by atoms with Crippen LogP contribution < -0.4 is 5.32 Å². The fraction of sp³-hybridized carbons (Fsp3) is 0.667. The summed E-state index contributed by atoms with van der Waals surface area (Å²) in [6, 6.07) is 11.5. The van der Waals surface area contributed by atoms with Crippen LogP contribution in [0.1, 0.15) is 64.4 Å². The van der Waals surface area contributed by atoms with Crippen molar-refractivity contribution in [2.24, 2.45) is 0 Å². The molecular weight excluding hydrogens is 230 g/mol. The molecule has 0 spiro atoms. The highest BCUT2D eigenvalue weighted by atomic mass is 14.9. The maximum absolute atomic E-state index is 3.71. The highest BCUT2D eigenvalue weighted by Gasteiger charge is 2.08. The molecule has 0 aliphatic heterocycles. The van der Waals surface area contributed by atoms with Gasteiger partial charge in [0.25, 0.3) is 0 Å². The number of hydrogen-bond donors (Lipinski definition) is 1. The minimum Gasteiger partial charge on any atom is -0.314 e. The van der Waals surface area contributed by atoms with E-state index in [9.17, 15) is 0 Å². The first-order valence-corrected chi connectivity index (χ1v) is 8.14. The lowest BCUT2D eigenvalue weighted by molar-refractivity contribution is 0.451. The molecular formula is C18H31N. The Morgan fingerprint density at radius 2 is 1.63 bits per heavy atom. The van der Waals surface area contributed by atoms with Crippen molar-refractivity contribution in [2.75, 3.05) is 6.54 Å². The molecule has 0 aromatic heterocycles. The van der Waals surface area contributed by atoms with Crippen LogP contribution in [0.4, 0.5) is 0 Å². The van der Waals surface area contributed by atoms with Gasteiger partial charge >= 0.3 is 0 Å². The second kappa shape index (κ2) is 11.0. The van der Waals surface area contributed by atoms with Gasteiger partial charge in [0, 0.05) is 6.04 Å². The molecule has 0 bridgehead atoms. The Hall–Kier alpha value is -0.820. The van der Waals surface area contributed by atoms with E-state index in [2.05, 4.69) is 49.5 Å². The van der Waals surface area contributed by atoms with Crippen molar-refractivity contribution >= 4 is 0 Å². The monoisotopic (exact) mass is 261 g/mol. The molecule has 1 heteroatoms. The van der Waals surface area contributed by atoms with Crippen LogP contribution in [0, 0.1) is 0 Å². The van der Waals surface area contributed by atoms with E-state index in [-0.39, 0.29) is 0 Å². The Balaban J connectivity index is 2.30. The molecule has 1 N–H and O–H groups in total. The summed E-state index contributed by atoms with van der Waals surface area (Å²) in [4.78, 5) is 0. The van der Waals surface area contributed by atoms with Crippen LogP contribution in [0.3, 0.4) is 0 Å². The van der Waals surface area contributed by atoms with Gasteiger partial charge in [0.1, 0.15) is 0 Å². The average Bonchev–Trinajstić information content (AvgIpc) is 2.45. The van der Waals surface area contributed by atoms with E-state index in [4.69, 9.17) is 0 Å². The fourth-order valence-corrected chi connectivity index (χ4v) is 2.52. The molecule has 0 radical (unpaired) electrons. The van der Waals surface area contributed by atoms with E-state index in [1.807, 2.05) is 0 Å². The van der Waals surface area contributed by atoms with Crippen molar-refractivity contribution in [1.29, 1.82) is 0 Å². The molecule has 0 saturated heterocycles. The van der Waals surface area contributed by atoms with Gasteiger partial charge in [-0.3, -0.25) is 0 Å². The quantitative estimate of drug-likeness (QED) is 0.555. The van der Waals surface area contributed by atoms with E-state index in [0.29, 0.717) is 6.04 Å². The molecule has 0 aliphatic rings. The molecule has 1 unspecified atom stereocenters. The number of unbranched alkanes of at least 4 members (excludes halogenated alkanes) is 4. The zero-order chi connectivity index (χ0) is 13.8. The fourth-order valence-electron chi connectivity index (χ4n) is 2.52. The van der Waals surface area contributed by atoms with E-state index in [1.54, 1.807) is 0 Å². The number of benzene rings is 1. The number of rotatable bonds is 11. The van der Waals surface area contributed by atoms with Crippen LogP contribution in [0.15, 0.2) is 30.3 Å². The highest BCUT2D eigenvalue weighted by molar-refractivity contribution is 5.15. The summed E-state index contributed by atoms with van der Waals surface area (Å²) < 4.78 is 0. The molecule has 0 fully saturated rings. The van der Waals surface area contributed by atoms with Crippen LogP contribution in [-0.4, -0.2) is 12.6 Å². The summed E-state index contributed by atoms with van der Waals surface area (Å²) >= 11 is 0. The van der Waals surface area contributed by atoms with Crippen molar-refractivity contribution in [2.45, 2.75) is 71.3 Å². The van der Waals surface area contributed by atoms with Crippen molar-refractivity contribution in [3.63, 3.8) is 0 Å². The molecule has 1 aromatic carbocycles. The Bertz CT molecular complexity index is 294. The van der Waals surface area contributed by atoms with E-state index in [1.165, 1.54) is 56.9 Å². The van der Waals surface area contributed by atoms with Crippen LogP contribution in [0.5, 0.6) is 0 Å². The maximum Gasteiger partial charge on any atom is 0.0107 e. The highest BCUT2D eigenvalue weighted by Crippen LogP contribution is 2.11. The van der Waals surface area contributed by atoms with Gasteiger partial charge < -0.3 is 5.32 Å². The molecule has 108 valence electrons. The first kappa shape index (κ1) is 16.2. The van der Waals surface area contributed by atoms with Gasteiger partial charge in [-0.15, -0.1) is 0 Å². The molecule has 0 saturated carbocycles. The molecule has 1 nitrogen and oxygen atoms in total. The summed E-state index contributed by atoms with van der Waals surface area (Å²) in [5, 5.41) is 3.71. The van der Waals surface area contributed by atoms with Gasteiger partial charge in [0.2, 0.25) is 0 Å². The summed E-state index contributed by atoms with van der Waals surface area (Å²) in [5.41, 5.74) is 1.46. The number of hydrogen-bond acceptors (Lipinski definition) is 1. The van der Waals surface area contributed by atoms with Crippen LogP contribution in [0.25, 0.3) is 0 Å². The Labute approximate surface area is 119 Å². The van der Waals surface area contributed by atoms with Gasteiger partial charge in [-0.25, -0.2) is 0 Å². The third kappa shape index (κ3) is 8.05. The standard InChI is InChI=1S/C18H31N/c1-3-5-6-7-11-14-18(19-15-4-2)16-17-12-9-8-10-13-17/h8-10,12-13,18-19H,3-7,11,14-16H2,1-2H3. The van der Waals surface area contributed by atoms with Gasteiger partial charge in [-0.05, 0) is 31.4 Å². The molecule has 19 heavy (non-hydrogen) atoms. The lowest BCUT2D eigenvalue weighted by Gasteiger charge is -2.18. The first-order chi connectivity index (χ1) is 9.36. The van der Waals surface area contributed by atoms with Crippen molar-refractivity contribution < 1.29 is 0 Å². The second-order valence-corrected chi connectivity index (χ2v) is 5.54. The van der Waals surface area contributed by atoms with Crippen LogP contribution in [0.2, 0.25) is 0 Å². The van der Waals surface area contributed by atoms with Gasteiger partial charge in [-0.1, -0.05) is 76.3 Å². The van der Waals surface area contributed by atoms with Gasteiger partial charge in [0.05, 0.1) is 0 Å². The predicted octanol–water partition coefficient (Wildman–Crippen LogP) is 4.96. The number of nitrogens with one attached hydrogen (secondary N) is 1. The Morgan fingerprint density at radius 1 is 0.895 bits per heavy atom. The van der Waals surface area contributed by atoms with Crippen LogP contribution >= 0.6 is 0 Å². The average molecular weight is 261 g/mol. The summed E-state index contributed by atoms with van der Waals surface area (Å²) in [7, 11) is 0. The molecule has 1 rings (SSSR count). The zero-order valence-corrected chi connectivity index (χ0v) is 12.8. The van der Waals surface area contributed by atoms with Gasteiger partial charge in [-0.2, -0.15) is 0 Å². The molecule has 1 aromatic rings. The van der Waals surface area contributed by atoms with E-state index in [0.717, 1.165) is 6.54 Å². The van der Waals surface area contributed by atoms with Crippen molar-refractivity contribution in [1.82, 2.24) is 5.32 Å². The minimum absolute atomic E-state index is 0.656.